The van der Waals surface area contributed by atoms with Crippen molar-refractivity contribution in [2.24, 2.45) is 7.05 Å². The summed E-state index contributed by atoms with van der Waals surface area (Å²) in [7, 11) is 3.13. The predicted octanol–water partition coefficient (Wildman–Crippen LogP) is 2.83. The molecule has 8 heteroatoms. The number of benzene rings is 2. The standard InChI is InChI=1S/C21H20N4O4/c1-24-18(11-19(26)27)22-23-20(24)25(2)21(28)29-12-17-15-9-5-3-7-13(15)14-8-4-6-10-16(14)17/h3-10,17H,11-12H2,1-2H3,(H,26,27). The van der Waals surface area contributed by atoms with E-state index in [0.717, 1.165) is 22.3 Å². The van der Waals surface area contributed by atoms with E-state index < -0.39 is 12.1 Å². The van der Waals surface area contributed by atoms with E-state index in [1.165, 1.54) is 16.5 Å². The molecule has 0 radical (unpaired) electrons. The van der Waals surface area contributed by atoms with Crippen molar-refractivity contribution in [2.45, 2.75) is 12.3 Å². The fourth-order valence-electron chi connectivity index (χ4n) is 3.71. The number of anilines is 1. The fourth-order valence-corrected chi connectivity index (χ4v) is 3.71. The number of aromatic nitrogens is 3. The van der Waals surface area contributed by atoms with E-state index in [1.807, 2.05) is 24.3 Å². The molecular weight excluding hydrogens is 372 g/mol. The number of amides is 1. The van der Waals surface area contributed by atoms with Crippen molar-refractivity contribution in [3.63, 3.8) is 0 Å². The first-order valence-corrected chi connectivity index (χ1v) is 9.16. The minimum Gasteiger partial charge on any atom is -0.481 e. The highest BCUT2D eigenvalue weighted by molar-refractivity contribution is 5.85. The second kappa shape index (κ2) is 7.38. The highest BCUT2D eigenvalue weighted by atomic mass is 16.6. The maximum atomic E-state index is 12.6. The maximum absolute atomic E-state index is 12.6. The number of fused-ring (bicyclic) bond motifs is 3. The molecule has 0 aliphatic heterocycles. The van der Waals surface area contributed by atoms with Gasteiger partial charge in [0.05, 0.1) is 0 Å². The van der Waals surface area contributed by atoms with Crippen molar-refractivity contribution in [1.82, 2.24) is 14.8 Å². The summed E-state index contributed by atoms with van der Waals surface area (Å²) in [5, 5.41) is 16.7. The number of carbonyl (C=O) groups is 2. The SMILES string of the molecule is CN(C(=O)OCC1c2ccccc2-c2ccccc21)c1nnc(CC(=O)O)n1C. The average molecular weight is 392 g/mol. The van der Waals surface area contributed by atoms with Crippen molar-refractivity contribution in [3.05, 3.63) is 65.5 Å². The highest BCUT2D eigenvalue weighted by Crippen LogP contribution is 2.44. The number of ether oxygens (including phenoxy) is 1. The number of rotatable bonds is 5. The molecule has 0 unspecified atom stereocenters. The monoisotopic (exact) mass is 392 g/mol. The van der Waals surface area contributed by atoms with Crippen LogP contribution in [0.15, 0.2) is 48.5 Å². The minimum absolute atomic E-state index is 0.0400. The Kier molecular flexibility index (Phi) is 4.75. The van der Waals surface area contributed by atoms with E-state index in [2.05, 4.69) is 34.5 Å². The van der Waals surface area contributed by atoms with Crippen molar-refractivity contribution < 1.29 is 19.4 Å². The number of hydrogen-bond donors (Lipinski definition) is 1. The number of carbonyl (C=O) groups excluding carboxylic acids is 1. The van der Waals surface area contributed by atoms with E-state index in [1.54, 1.807) is 7.05 Å². The highest BCUT2D eigenvalue weighted by Gasteiger charge is 2.30. The zero-order valence-corrected chi connectivity index (χ0v) is 16.1. The van der Waals surface area contributed by atoms with Crippen LogP contribution in [-0.4, -0.2) is 45.6 Å². The molecule has 1 N–H and O–H groups in total. The molecule has 1 aliphatic carbocycles. The average Bonchev–Trinajstić information content (AvgIpc) is 3.23. The molecule has 0 saturated carbocycles. The Bertz CT molecular complexity index is 1050. The largest absolute Gasteiger partial charge is 0.481 e. The lowest BCUT2D eigenvalue weighted by Gasteiger charge is -2.19. The van der Waals surface area contributed by atoms with Gasteiger partial charge < -0.3 is 9.84 Å². The number of carboxylic acid groups (broad SMARTS) is 1. The van der Waals surface area contributed by atoms with Crippen LogP contribution in [-0.2, 0) is 23.0 Å². The number of aliphatic carboxylic acids is 1. The molecule has 1 aliphatic rings. The zero-order valence-electron chi connectivity index (χ0n) is 16.1. The number of hydrogen-bond acceptors (Lipinski definition) is 5. The number of carboxylic acids is 1. The van der Waals surface area contributed by atoms with Crippen molar-refractivity contribution in [3.8, 4) is 11.1 Å². The first-order chi connectivity index (χ1) is 14.0. The van der Waals surface area contributed by atoms with E-state index in [0.29, 0.717) is 0 Å². The normalized spacial score (nSPS) is 12.3. The fraction of sp³-hybridized carbons (Fsp3) is 0.238. The molecule has 0 bridgehead atoms. The van der Waals surface area contributed by atoms with Gasteiger partial charge in [0.25, 0.3) is 0 Å². The van der Waals surface area contributed by atoms with Crippen LogP contribution in [0.2, 0.25) is 0 Å². The Morgan fingerprint density at radius 1 is 1.07 bits per heavy atom. The van der Waals surface area contributed by atoms with Crippen molar-refractivity contribution >= 4 is 18.0 Å². The van der Waals surface area contributed by atoms with Gasteiger partial charge in [-0.05, 0) is 22.3 Å². The molecule has 0 saturated heterocycles. The number of nitrogens with zero attached hydrogens (tertiary/aromatic N) is 4. The predicted molar refractivity (Wildman–Crippen MR) is 106 cm³/mol. The maximum Gasteiger partial charge on any atom is 0.416 e. The van der Waals surface area contributed by atoms with Crippen LogP contribution in [0, 0.1) is 0 Å². The second-order valence-corrected chi connectivity index (χ2v) is 6.91. The third-order valence-electron chi connectivity index (χ3n) is 5.16. The zero-order chi connectivity index (χ0) is 20.5. The van der Waals surface area contributed by atoms with Gasteiger partial charge in [-0.25, -0.2) is 9.69 Å². The Morgan fingerprint density at radius 2 is 1.66 bits per heavy atom. The summed E-state index contributed by atoms with van der Waals surface area (Å²) in [6.45, 7) is 0.192. The van der Waals surface area contributed by atoms with Crippen molar-refractivity contribution in [2.75, 3.05) is 18.6 Å². The topological polar surface area (TPSA) is 97.6 Å². The molecule has 2 aromatic carbocycles. The Labute approximate surface area is 167 Å². The molecule has 1 aromatic heterocycles. The van der Waals surface area contributed by atoms with Gasteiger partial charge in [0.2, 0.25) is 5.95 Å². The van der Waals surface area contributed by atoms with E-state index in [9.17, 15) is 9.59 Å². The van der Waals surface area contributed by atoms with Gasteiger partial charge in [-0.2, -0.15) is 0 Å². The van der Waals surface area contributed by atoms with Crippen LogP contribution >= 0.6 is 0 Å². The molecule has 0 atom stereocenters. The summed E-state index contributed by atoms with van der Waals surface area (Å²) in [4.78, 5) is 24.7. The van der Waals surface area contributed by atoms with Crippen LogP contribution in [0.3, 0.4) is 0 Å². The van der Waals surface area contributed by atoms with Crippen molar-refractivity contribution in [1.29, 1.82) is 0 Å². The van der Waals surface area contributed by atoms with E-state index >= 15 is 0 Å². The molecular formula is C21H20N4O4. The summed E-state index contributed by atoms with van der Waals surface area (Å²) in [5.41, 5.74) is 4.58. The summed E-state index contributed by atoms with van der Waals surface area (Å²) in [6.07, 6.45) is -0.855. The molecule has 29 heavy (non-hydrogen) atoms. The van der Waals surface area contributed by atoms with Gasteiger partial charge in [-0.1, -0.05) is 48.5 Å². The Morgan fingerprint density at radius 3 is 2.24 bits per heavy atom. The molecule has 0 fully saturated rings. The smallest absolute Gasteiger partial charge is 0.416 e. The van der Waals surface area contributed by atoms with Gasteiger partial charge in [0.1, 0.15) is 18.9 Å². The van der Waals surface area contributed by atoms with E-state index in [4.69, 9.17) is 9.84 Å². The summed E-state index contributed by atoms with van der Waals surface area (Å²) in [6, 6.07) is 16.2. The first kappa shape index (κ1) is 18.7. The third-order valence-corrected chi connectivity index (χ3v) is 5.16. The van der Waals surface area contributed by atoms with E-state index in [-0.39, 0.29) is 30.7 Å². The molecule has 8 nitrogen and oxygen atoms in total. The lowest BCUT2D eigenvalue weighted by atomic mass is 9.98. The molecule has 4 rings (SSSR count). The minimum atomic E-state index is -1.02. The molecule has 3 aromatic rings. The Hall–Kier alpha value is -3.68. The van der Waals surface area contributed by atoms with Crippen LogP contribution < -0.4 is 4.90 Å². The summed E-state index contributed by atoms with van der Waals surface area (Å²) in [5.74, 6) is -0.582. The first-order valence-electron chi connectivity index (χ1n) is 9.16. The van der Waals surface area contributed by atoms with Crippen LogP contribution in [0.25, 0.3) is 11.1 Å². The van der Waals surface area contributed by atoms with Gasteiger partial charge >= 0.3 is 12.1 Å². The molecule has 148 valence electrons. The van der Waals surface area contributed by atoms with Gasteiger partial charge in [0.15, 0.2) is 0 Å². The van der Waals surface area contributed by atoms with Gasteiger partial charge in [-0.15, -0.1) is 10.2 Å². The molecule has 1 heterocycles. The third kappa shape index (κ3) is 3.33. The Balaban J connectivity index is 1.50. The lowest BCUT2D eigenvalue weighted by molar-refractivity contribution is -0.136. The summed E-state index contributed by atoms with van der Waals surface area (Å²) < 4.78 is 7.06. The molecule has 1 amide bonds. The molecule has 0 spiro atoms. The second-order valence-electron chi connectivity index (χ2n) is 6.91. The summed E-state index contributed by atoms with van der Waals surface area (Å²) >= 11 is 0. The van der Waals surface area contributed by atoms with Crippen LogP contribution in [0.5, 0.6) is 0 Å². The van der Waals surface area contributed by atoms with Crippen LogP contribution in [0.4, 0.5) is 10.7 Å². The van der Waals surface area contributed by atoms with Gasteiger partial charge in [-0.3, -0.25) is 9.36 Å². The lowest BCUT2D eigenvalue weighted by Crippen LogP contribution is -2.30. The van der Waals surface area contributed by atoms with Gasteiger partial charge in [0, 0.05) is 20.0 Å². The quantitative estimate of drug-likeness (QED) is 0.717. The van der Waals surface area contributed by atoms with Crippen LogP contribution in [0.1, 0.15) is 22.9 Å².